The maximum Gasteiger partial charge on any atom is 0.133 e. The summed E-state index contributed by atoms with van der Waals surface area (Å²) in [5.41, 5.74) is 1.04. The van der Waals surface area contributed by atoms with E-state index in [1.165, 1.54) is 6.20 Å². The fourth-order valence-corrected chi connectivity index (χ4v) is 4.30. The predicted octanol–water partition coefficient (Wildman–Crippen LogP) is 3.13. The zero-order chi connectivity index (χ0) is 17.9. The average molecular weight is 354 g/mol. The molecule has 0 bridgehead atoms. The van der Waals surface area contributed by atoms with Crippen molar-refractivity contribution in [2.75, 3.05) is 26.7 Å². The molecule has 2 aliphatic rings. The van der Waals surface area contributed by atoms with Crippen LogP contribution in [-0.4, -0.2) is 47.8 Å². The van der Waals surface area contributed by atoms with Crippen LogP contribution in [0.1, 0.15) is 18.5 Å². The normalized spacial score (nSPS) is 25.2. The number of likely N-dealkylation sites (tertiary alicyclic amines) is 1. The second-order valence-electron chi connectivity index (χ2n) is 7.42. The van der Waals surface area contributed by atoms with Crippen LogP contribution in [0.25, 0.3) is 0 Å². The maximum absolute atomic E-state index is 9.31. The van der Waals surface area contributed by atoms with E-state index in [0.717, 1.165) is 67.9 Å². The van der Waals surface area contributed by atoms with Gasteiger partial charge in [-0.15, -0.1) is 0 Å². The van der Waals surface area contributed by atoms with E-state index in [9.17, 15) is 5.11 Å². The number of hydrogen-bond donors (Lipinski definition) is 1. The molecule has 0 radical (unpaired) electrons. The standard InChI is InChI=1S/C21H26N2O3/c1-25-19-4-6-20(7-5-19)26-21-10-15-13-23(14-16(15)11-21)9-8-17-2-3-18(24)12-22-17/h2-7,12,15-16,21,24H,8-11,13-14H2,1H3/t15-,16+,21+. The largest absolute Gasteiger partial charge is 0.506 e. The van der Waals surface area contributed by atoms with Crippen LogP contribution >= 0.6 is 0 Å². The highest BCUT2D eigenvalue weighted by Gasteiger charge is 2.41. The summed E-state index contributed by atoms with van der Waals surface area (Å²) in [5.74, 6) is 3.51. The third-order valence-electron chi connectivity index (χ3n) is 5.64. The Morgan fingerprint density at radius 1 is 1.04 bits per heavy atom. The predicted molar refractivity (Wildman–Crippen MR) is 99.7 cm³/mol. The topological polar surface area (TPSA) is 54.8 Å². The van der Waals surface area contributed by atoms with Crippen molar-refractivity contribution in [3.05, 3.63) is 48.3 Å². The van der Waals surface area contributed by atoms with Gasteiger partial charge in [-0.1, -0.05) is 0 Å². The van der Waals surface area contributed by atoms with Crippen LogP contribution in [0.4, 0.5) is 0 Å². The first-order valence-electron chi connectivity index (χ1n) is 9.36. The number of ether oxygens (including phenoxy) is 2. The van der Waals surface area contributed by atoms with Gasteiger partial charge in [0, 0.05) is 31.7 Å². The lowest BCUT2D eigenvalue weighted by atomic mass is 10.0. The van der Waals surface area contributed by atoms with Gasteiger partial charge < -0.3 is 19.5 Å². The van der Waals surface area contributed by atoms with Crippen LogP contribution in [0.2, 0.25) is 0 Å². The lowest BCUT2D eigenvalue weighted by Crippen LogP contribution is -2.26. The average Bonchev–Trinajstić information content (AvgIpc) is 3.20. The Morgan fingerprint density at radius 2 is 1.73 bits per heavy atom. The van der Waals surface area contributed by atoms with Gasteiger partial charge in [-0.25, -0.2) is 0 Å². The minimum atomic E-state index is 0.229. The van der Waals surface area contributed by atoms with Gasteiger partial charge in [0.2, 0.25) is 0 Å². The Hall–Kier alpha value is -2.27. The van der Waals surface area contributed by atoms with E-state index in [2.05, 4.69) is 9.88 Å². The van der Waals surface area contributed by atoms with Crippen LogP contribution in [-0.2, 0) is 6.42 Å². The minimum absolute atomic E-state index is 0.229. The first kappa shape index (κ1) is 17.2. The molecule has 2 fully saturated rings. The zero-order valence-electron chi connectivity index (χ0n) is 15.2. The van der Waals surface area contributed by atoms with E-state index < -0.39 is 0 Å². The van der Waals surface area contributed by atoms with Crippen molar-refractivity contribution in [2.45, 2.75) is 25.4 Å². The van der Waals surface area contributed by atoms with Crippen molar-refractivity contribution in [2.24, 2.45) is 11.8 Å². The molecule has 0 unspecified atom stereocenters. The minimum Gasteiger partial charge on any atom is -0.506 e. The molecule has 5 nitrogen and oxygen atoms in total. The van der Waals surface area contributed by atoms with E-state index >= 15 is 0 Å². The van der Waals surface area contributed by atoms with Crippen molar-refractivity contribution in [3.63, 3.8) is 0 Å². The monoisotopic (exact) mass is 354 g/mol. The Kier molecular flexibility index (Phi) is 4.98. The lowest BCUT2D eigenvalue weighted by molar-refractivity contribution is 0.186. The van der Waals surface area contributed by atoms with Crippen molar-refractivity contribution >= 4 is 0 Å². The molecule has 1 aliphatic carbocycles. The highest BCUT2D eigenvalue weighted by Crippen LogP contribution is 2.39. The van der Waals surface area contributed by atoms with Crippen LogP contribution < -0.4 is 9.47 Å². The number of aromatic hydroxyl groups is 1. The number of aromatic nitrogens is 1. The molecule has 1 N–H and O–H groups in total. The molecule has 1 aliphatic heterocycles. The number of benzene rings is 1. The second kappa shape index (κ2) is 7.54. The maximum atomic E-state index is 9.31. The highest BCUT2D eigenvalue weighted by molar-refractivity contribution is 5.31. The van der Waals surface area contributed by atoms with Gasteiger partial charge in [0.15, 0.2) is 0 Å². The molecule has 1 saturated heterocycles. The fourth-order valence-electron chi connectivity index (χ4n) is 4.30. The molecule has 4 rings (SSSR count). The molecule has 5 heteroatoms. The van der Waals surface area contributed by atoms with Crippen LogP contribution in [0.5, 0.6) is 17.2 Å². The third kappa shape index (κ3) is 3.93. The first-order chi connectivity index (χ1) is 12.7. The summed E-state index contributed by atoms with van der Waals surface area (Å²) in [6, 6.07) is 11.5. The van der Waals surface area contributed by atoms with Gasteiger partial charge in [-0.05, 0) is 61.1 Å². The molecule has 0 spiro atoms. The number of hydrogen-bond acceptors (Lipinski definition) is 5. The van der Waals surface area contributed by atoms with E-state index in [-0.39, 0.29) is 5.75 Å². The van der Waals surface area contributed by atoms with Gasteiger partial charge in [-0.2, -0.15) is 0 Å². The molecule has 138 valence electrons. The molecule has 1 aromatic carbocycles. The third-order valence-corrected chi connectivity index (χ3v) is 5.64. The first-order valence-corrected chi connectivity index (χ1v) is 9.36. The van der Waals surface area contributed by atoms with Crippen molar-refractivity contribution in [1.82, 2.24) is 9.88 Å². The summed E-state index contributed by atoms with van der Waals surface area (Å²) >= 11 is 0. The van der Waals surface area contributed by atoms with Crippen molar-refractivity contribution in [1.29, 1.82) is 0 Å². The molecule has 3 atom stereocenters. The highest BCUT2D eigenvalue weighted by atomic mass is 16.5. The molecule has 1 aromatic heterocycles. The van der Waals surface area contributed by atoms with Gasteiger partial charge in [0.05, 0.1) is 19.4 Å². The lowest BCUT2D eigenvalue weighted by Gasteiger charge is -2.19. The Bertz CT molecular complexity index is 703. The van der Waals surface area contributed by atoms with E-state index in [4.69, 9.17) is 9.47 Å². The van der Waals surface area contributed by atoms with Crippen molar-refractivity contribution < 1.29 is 14.6 Å². The quantitative estimate of drug-likeness (QED) is 0.864. The molecule has 0 amide bonds. The van der Waals surface area contributed by atoms with Gasteiger partial charge in [0.1, 0.15) is 17.2 Å². The number of methoxy groups -OCH3 is 1. The van der Waals surface area contributed by atoms with Gasteiger partial charge in [-0.3, -0.25) is 4.98 Å². The Labute approximate surface area is 154 Å². The number of pyridine rings is 1. The Balaban J connectivity index is 1.24. The molecular weight excluding hydrogens is 328 g/mol. The van der Waals surface area contributed by atoms with Crippen molar-refractivity contribution in [3.8, 4) is 17.2 Å². The summed E-state index contributed by atoms with van der Waals surface area (Å²) in [6.07, 6.45) is 5.08. The summed E-state index contributed by atoms with van der Waals surface area (Å²) in [4.78, 5) is 6.83. The summed E-state index contributed by atoms with van der Waals surface area (Å²) in [6.45, 7) is 3.35. The van der Waals surface area contributed by atoms with E-state index in [1.54, 1.807) is 13.2 Å². The fraction of sp³-hybridized carbons (Fsp3) is 0.476. The summed E-state index contributed by atoms with van der Waals surface area (Å²) in [5, 5.41) is 9.31. The van der Waals surface area contributed by atoms with Crippen LogP contribution in [0, 0.1) is 11.8 Å². The molecule has 2 aromatic rings. The van der Waals surface area contributed by atoms with E-state index in [0.29, 0.717) is 6.10 Å². The molecule has 26 heavy (non-hydrogen) atoms. The molecule has 1 saturated carbocycles. The van der Waals surface area contributed by atoms with Crippen LogP contribution in [0.15, 0.2) is 42.6 Å². The number of rotatable bonds is 6. The summed E-state index contributed by atoms with van der Waals surface area (Å²) < 4.78 is 11.4. The molecule has 2 heterocycles. The van der Waals surface area contributed by atoms with Gasteiger partial charge in [0.25, 0.3) is 0 Å². The number of nitrogens with zero attached hydrogens (tertiary/aromatic N) is 2. The summed E-state index contributed by atoms with van der Waals surface area (Å²) in [7, 11) is 1.68. The number of fused-ring (bicyclic) bond motifs is 1. The van der Waals surface area contributed by atoms with Gasteiger partial charge >= 0.3 is 0 Å². The zero-order valence-corrected chi connectivity index (χ0v) is 15.2. The van der Waals surface area contributed by atoms with E-state index in [1.807, 2.05) is 30.3 Å². The molecular formula is C21H26N2O3. The SMILES string of the molecule is COc1ccc(O[C@H]2C[C@@H]3CN(CCc4ccc(O)cn4)C[C@@H]3C2)cc1. The Morgan fingerprint density at radius 3 is 2.35 bits per heavy atom. The smallest absolute Gasteiger partial charge is 0.133 e. The van der Waals surface area contributed by atoms with Crippen LogP contribution in [0.3, 0.4) is 0 Å². The second-order valence-corrected chi connectivity index (χ2v) is 7.42.